The van der Waals surface area contributed by atoms with Gasteiger partial charge in [-0.2, -0.15) is 15.0 Å². The molecule has 2 heterocycles. The fourth-order valence-corrected chi connectivity index (χ4v) is 1.63. The van der Waals surface area contributed by atoms with Crippen LogP contribution in [0.3, 0.4) is 0 Å². The molecule has 2 aromatic heterocycles. The maximum Gasteiger partial charge on any atom is 0.323 e. The normalized spacial score (nSPS) is 10.3. The topological polar surface area (TPSA) is 90.0 Å². The van der Waals surface area contributed by atoms with E-state index in [2.05, 4.69) is 19.9 Å². The summed E-state index contributed by atoms with van der Waals surface area (Å²) in [6.45, 7) is 3.19. The largest absolute Gasteiger partial charge is 0.463 e. The summed E-state index contributed by atoms with van der Waals surface area (Å²) < 4.78 is 5.40. The summed E-state index contributed by atoms with van der Waals surface area (Å²) in [7, 11) is 1.88. The van der Waals surface area contributed by atoms with Crippen LogP contribution >= 0.6 is 0 Å². The fourth-order valence-electron chi connectivity index (χ4n) is 1.63. The lowest BCUT2D eigenvalue weighted by Crippen LogP contribution is -2.20. The van der Waals surface area contributed by atoms with Crippen molar-refractivity contribution in [3.05, 3.63) is 30.1 Å². The zero-order valence-corrected chi connectivity index (χ0v) is 11.7. The molecule has 0 radical (unpaired) electrons. The third-order valence-electron chi connectivity index (χ3n) is 2.54. The lowest BCUT2D eigenvalue weighted by atomic mass is 10.3. The molecule has 2 aromatic rings. The molecule has 106 valence electrons. The highest BCUT2D eigenvalue weighted by Gasteiger charge is 2.10. The predicted octanol–water partition coefficient (Wildman–Crippen LogP) is 1.27. The lowest BCUT2D eigenvalue weighted by Gasteiger charge is -2.17. The number of anilines is 2. The second-order valence-electron chi connectivity index (χ2n) is 4.34. The van der Waals surface area contributed by atoms with Crippen LogP contribution in [0.15, 0.2) is 24.5 Å². The van der Waals surface area contributed by atoms with Crippen molar-refractivity contribution in [1.82, 2.24) is 19.9 Å². The Balaban J connectivity index is 2.12. The monoisotopic (exact) mass is 274 g/mol. The molecular weight excluding hydrogens is 256 g/mol. The minimum atomic E-state index is 0.152. The Kier molecular flexibility index (Phi) is 4.65. The van der Waals surface area contributed by atoms with Gasteiger partial charge in [-0.15, -0.1) is 0 Å². The summed E-state index contributed by atoms with van der Waals surface area (Å²) in [5.41, 5.74) is 6.74. The van der Waals surface area contributed by atoms with Crippen molar-refractivity contribution in [2.24, 2.45) is 0 Å². The van der Waals surface area contributed by atoms with Crippen LogP contribution in [-0.2, 0) is 6.54 Å². The van der Waals surface area contributed by atoms with Crippen molar-refractivity contribution < 1.29 is 4.74 Å². The first-order chi connectivity index (χ1) is 9.69. The van der Waals surface area contributed by atoms with Gasteiger partial charge in [0.1, 0.15) is 0 Å². The Bertz CT molecular complexity index is 548. The number of aromatic nitrogens is 4. The molecule has 2 rings (SSSR count). The van der Waals surface area contributed by atoms with Crippen LogP contribution in [0.4, 0.5) is 11.9 Å². The quantitative estimate of drug-likeness (QED) is 0.848. The van der Waals surface area contributed by atoms with Gasteiger partial charge in [0, 0.05) is 26.0 Å². The van der Waals surface area contributed by atoms with E-state index in [1.807, 2.05) is 31.0 Å². The number of nitrogens with zero attached hydrogens (tertiary/aromatic N) is 5. The van der Waals surface area contributed by atoms with E-state index in [9.17, 15) is 0 Å². The van der Waals surface area contributed by atoms with Crippen LogP contribution in [0.5, 0.6) is 6.01 Å². The van der Waals surface area contributed by atoms with E-state index in [4.69, 9.17) is 10.5 Å². The zero-order chi connectivity index (χ0) is 14.4. The Morgan fingerprint density at radius 1 is 1.30 bits per heavy atom. The van der Waals surface area contributed by atoms with E-state index in [1.165, 1.54) is 0 Å². The van der Waals surface area contributed by atoms with Crippen molar-refractivity contribution in [3.8, 4) is 6.01 Å². The van der Waals surface area contributed by atoms with Gasteiger partial charge < -0.3 is 15.4 Å². The Labute approximate surface area is 117 Å². The Hall–Kier alpha value is -2.44. The van der Waals surface area contributed by atoms with E-state index in [0.29, 0.717) is 19.1 Å². The van der Waals surface area contributed by atoms with Crippen molar-refractivity contribution in [1.29, 1.82) is 0 Å². The van der Waals surface area contributed by atoms with Crippen LogP contribution in [0.1, 0.15) is 18.9 Å². The molecule has 0 unspecified atom stereocenters. The number of rotatable bonds is 6. The summed E-state index contributed by atoms with van der Waals surface area (Å²) in [5, 5.41) is 0. The minimum absolute atomic E-state index is 0.152. The molecule has 0 saturated carbocycles. The number of hydrogen-bond acceptors (Lipinski definition) is 7. The Morgan fingerprint density at radius 2 is 2.15 bits per heavy atom. The second-order valence-corrected chi connectivity index (χ2v) is 4.34. The summed E-state index contributed by atoms with van der Waals surface area (Å²) in [5.74, 6) is 0.631. The van der Waals surface area contributed by atoms with Gasteiger partial charge >= 0.3 is 6.01 Å². The van der Waals surface area contributed by atoms with Gasteiger partial charge in [0.15, 0.2) is 0 Å². The molecule has 7 heteroatoms. The van der Waals surface area contributed by atoms with Crippen LogP contribution < -0.4 is 15.4 Å². The third-order valence-corrected chi connectivity index (χ3v) is 2.54. The van der Waals surface area contributed by atoms with Gasteiger partial charge in [-0.05, 0) is 18.1 Å². The molecule has 2 N–H and O–H groups in total. The fraction of sp³-hybridized carbons (Fsp3) is 0.385. The van der Waals surface area contributed by atoms with Gasteiger partial charge in [0.2, 0.25) is 11.9 Å². The maximum atomic E-state index is 5.68. The highest BCUT2D eigenvalue weighted by molar-refractivity contribution is 5.36. The molecular formula is C13H18N6O. The van der Waals surface area contributed by atoms with E-state index in [0.717, 1.165) is 12.0 Å². The Morgan fingerprint density at radius 3 is 2.85 bits per heavy atom. The van der Waals surface area contributed by atoms with Gasteiger partial charge in [-0.3, -0.25) is 4.98 Å². The number of pyridine rings is 1. The van der Waals surface area contributed by atoms with E-state index in [-0.39, 0.29) is 12.0 Å². The van der Waals surface area contributed by atoms with Gasteiger partial charge in [-0.25, -0.2) is 0 Å². The van der Waals surface area contributed by atoms with Crippen molar-refractivity contribution in [2.45, 2.75) is 19.9 Å². The van der Waals surface area contributed by atoms with Gasteiger partial charge in [-0.1, -0.05) is 13.0 Å². The summed E-state index contributed by atoms with van der Waals surface area (Å²) in [6, 6.07) is 4.14. The highest BCUT2D eigenvalue weighted by atomic mass is 16.5. The lowest BCUT2D eigenvalue weighted by molar-refractivity contribution is 0.292. The molecule has 0 spiro atoms. The standard InChI is InChI=1S/C13H18N6O/c1-3-7-20-13-17-11(14)16-12(18-13)19(2)9-10-5-4-6-15-8-10/h4-6,8H,3,7,9H2,1-2H3,(H2,14,16,17,18). The summed E-state index contributed by atoms with van der Waals surface area (Å²) in [6.07, 6.45) is 4.42. The minimum Gasteiger partial charge on any atom is -0.463 e. The average molecular weight is 274 g/mol. The van der Waals surface area contributed by atoms with Crippen molar-refractivity contribution in [2.75, 3.05) is 24.3 Å². The first-order valence-corrected chi connectivity index (χ1v) is 6.43. The van der Waals surface area contributed by atoms with E-state index >= 15 is 0 Å². The van der Waals surface area contributed by atoms with Gasteiger partial charge in [0.25, 0.3) is 0 Å². The van der Waals surface area contributed by atoms with Crippen LogP contribution in [0.2, 0.25) is 0 Å². The molecule has 0 aromatic carbocycles. The van der Waals surface area contributed by atoms with E-state index < -0.39 is 0 Å². The molecule has 0 saturated heterocycles. The smallest absolute Gasteiger partial charge is 0.323 e. The number of nitrogens with two attached hydrogens (primary N) is 1. The molecule has 0 aliphatic heterocycles. The predicted molar refractivity (Wildman–Crippen MR) is 76.4 cm³/mol. The molecule has 20 heavy (non-hydrogen) atoms. The zero-order valence-electron chi connectivity index (χ0n) is 11.7. The van der Waals surface area contributed by atoms with Crippen molar-refractivity contribution in [3.63, 3.8) is 0 Å². The van der Waals surface area contributed by atoms with Crippen LogP contribution in [-0.4, -0.2) is 33.6 Å². The van der Waals surface area contributed by atoms with Crippen LogP contribution in [0.25, 0.3) is 0 Å². The molecule has 0 aliphatic carbocycles. The number of nitrogen functional groups attached to an aromatic ring is 1. The average Bonchev–Trinajstić information content (AvgIpc) is 2.45. The van der Waals surface area contributed by atoms with Crippen molar-refractivity contribution >= 4 is 11.9 Å². The maximum absolute atomic E-state index is 5.68. The molecule has 0 amide bonds. The highest BCUT2D eigenvalue weighted by Crippen LogP contribution is 2.14. The van der Waals surface area contributed by atoms with Crippen LogP contribution in [0, 0.1) is 0 Å². The second kappa shape index (κ2) is 6.65. The number of hydrogen-bond donors (Lipinski definition) is 1. The molecule has 0 atom stereocenters. The molecule has 0 fully saturated rings. The van der Waals surface area contributed by atoms with E-state index in [1.54, 1.807) is 12.4 Å². The first kappa shape index (κ1) is 14.0. The SMILES string of the molecule is CCCOc1nc(N)nc(N(C)Cc2cccnc2)n1. The molecule has 7 nitrogen and oxygen atoms in total. The first-order valence-electron chi connectivity index (χ1n) is 6.43. The molecule has 0 bridgehead atoms. The van der Waals surface area contributed by atoms with Gasteiger partial charge in [0.05, 0.1) is 6.61 Å². The summed E-state index contributed by atoms with van der Waals surface area (Å²) >= 11 is 0. The number of ether oxygens (including phenoxy) is 1. The summed E-state index contributed by atoms with van der Waals surface area (Å²) in [4.78, 5) is 18.3. The third kappa shape index (κ3) is 3.78. The molecule has 0 aliphatic rings.